The highest BCUT2D eigenvalue weighted by Crippen LogP contribution is 2.35. The van der Waals surface area contributed by atoms with Gasteiger partial charge in [-0.05, 0) is 23.8 Å². The van der Waals surface area contributed by atoms with E-state index >= 15 is 0 Å². The minimum absolute atomic E-state index is 0.0810. The Bertz CT molecular complexity index is 555. The zero-order chi connectivity index (χ0) is 11.8. The van der Waals surface area contributed by atoms with Crippen molar-refractivity contribution >= 4 is 5.69 Å². The fourth-order valence-electron chi connectivity index (χ4n) is 2.16. The van der Waals surface area contributed by atoms with Crippen molar-refractivity contribution in [1.29, 1.82) is 0 Å². The van der Waals surface area contributed by atoms with E-state index in [4.69, 9.17) is 0 Å². The van der Waals surface area contributed by atoms with Gasteiger partial charge in [-0.3, -0.25) is 4.98 Å². The number of rotatable bonds is 1. The summed E-state index contributed by atoms with van der Waals surface area (Å²) in [5, 5.41) is 3.04. The van der Waals surface area contributed by atoms with Gasteiger partial charge in [-0.2, -0.15) is 0 Å². The van der Waals surface area contributed by atoms with Crippen LogP contribution >= 0.6 is 0 Å². The molecule has 0 saturated carbocycles. The fourth-order valence-corrected chi connectivity index (χ4v) is 2.16. The van der Waals surface area contributed by atoms with Crippen molar-refractivity contribution in [1.82, 2.24) is 4.98 Å². The molecule has 1 aromatic heterocycles. The Morgan fingerprint density at radius 2 is 2.12 bits per heavy atom. The van der Waals surface area contributed by atoms with E-state index in [1.807, 2.05) is 18.2 Å². The highest BCUT2D eigenvalue weighted by molar-refractivity contribution is 5.58. The molecule has 1 unspecified atom stereocenters. The van der Waals surface area contributed by atoms with Gasteiger partial charge in [-0.1, -0.05) is 6.07 Å². The molecular formula is C13H10F2N2. The molecule has 1 aliphatic rings. The average molecular weight is 232 g/mol. The molecule has 0 spiro atoms. The first-order valence-corrected chi connectivity index (χ1v) is 5.39. The standard InChI is InChI=1S/C13H10F2N2/c14-9-5-8-6-12(11-3-1-2-4-16-11)17-13(8)10(15)7-9/h1-5,7,12,17H,6H2. The van der Waals surface area contributed by atoms with Crippen LogP contribution in [0.1, 0.15) is 17.3 Å². The summed E-state index contributed by atoms with van der Waals surface area (Å²) in [4.78, 5) is 4.22. The van der Waals surface area contributed by atoms with Crippen LogP contribution in [0.2, 0.25) is 0 Å². The Morgan fingerprint density at radius 3 is 2.88 bits per heavy atom. The molecule has 0 fully saturated rings. The molecule has 3 rings (SSSR count). The Labute approximate surface area is 97.3 Å². The van der Waals surface area contributed by atoms with Gasteiger partial charge in [0.15, 0.2) is 0 Å². The molecule has 1 aliphatic heterocycles. The van der Waals surface area contributed by atoms with Gasteiger partial charge in [0.25, 0.3) is 0 Å². The van der Waals surface area contributed by atoms with Crippen molar-refractivity contribution in [2.24, 2.45) is 0 Å². The van der Waals surface area contributed by atoms with Gasteiger partial charge in [0, 0.05) is 18.7 Å². The molecule has 2 aromatic rings. The van der Waals surface area contributed by atoms with Crippen LogP contribution in [0.3, 0.4) is 0 Å². The molecule has 17 heavy (non-hydrogen) atoms. The van der Waals surface area contributed by atoms with Crippen LogP contribution in [-0.2, 0) is 6.42 Å². The van der Waals surface area contributed by atoms with E-state index in [0.29, 0.717) is 17.7 Å². The number of pyridine rings is 1. The van der Waals surface area contributed by atoms with Gasteiger partial charge in [0.05, 0.1) is 17.4 Å². The first kappa shape index (κ1) is 10.2. The molecule has 0 radical (unpaired) electrons. The lowest BCUT2D eigenvalue weighted by Gasteiger charge is -2.09. The maximum absolute atomic E-state index is 13.5. The largest absolute Gasteiger partial charge is 0.374 e. The number of benzene rings is 1. The van der Waals surface area contributed by atoms with E-state index in [2.05, 4.69) is 10.3 Å². The average Bonchev–Trinajstić information content (AvgIpc) is 2.74. The summed E-state index contributed by atoms with van der Waals surface area (Å²) >= 11 is 0. The normalized spacial score (nSPS) is 17.6. The minimum Gasteiger partial charge on any atom is -0.374 e. The van der Waals surface area contributed by atoms with Gasteiger partial charge in [-0.25, -0.2) is 8.78 Å². The van der Waals surface area contributed by atoms with Gasteiger partial charge >= 0.3 is 0 Å². The quantitative estimate of drug-likeness (QED) is 0.817. The molecule has 1 atom stereocenters. The first-order valence-electron chi connectivity index (χ1n) is 5.39. The van der Waals surface area contributed by atoms with E-state index in [1.54, 1.807) is 6.20 Å². The summed E-state index contributed by atoms with van der Waals surface area (Å²) in [7, 11) is 0. The predicted octanol–water partition coefficient (Wildman–Crippen LogP) is 3.07. The van der Waals surface area contributed by atoms with Crippen molar-refractivity contribution in [2.75, 3.05) is 5.32 Å². The number of hydrogen-bond acceptors (Lipinski definition) is 2. The summed E-state index contributed by atoms with van der Waals surface area (Å²) in [5.41, 5.74) is 1.89. The third-order valence-electron chi connectivity index (χ3n) is 2.92. The molecule has 0 bridgehead atoms. The Morgan fingerprint density at radius 1 is 1.24 bits per heavy atom. The molecule has 86 valence electrons. The molecule has 4 heteroatoms. The molecular weight excluding hydrogens is 222 g/mol. The zero-order valence-corrected chi connectivity index (χ0v) is 8.95. The Balaban J connectivity index is 1.96. The van der Waals surface area contributed by atoms with Crippen molar-refractivity contribution in [3.05, 3.63) is 59.4 Å². The number of nitrogens with zero attached hydrogens (tertiary/aromatic N) is 1. The maximum atomic E-state index is 13.5. The summed E-state index contributed by atoms with van der Waals surface area (Å²) in [6, 6.07) is 7.76. The lowest BCUT2D eigenvalue weighted by molar-refractivity contribution is 0.585. The summed E-state index contributed by atoms with van der Waals surface area (Å²) < 4.78 is 26.6. The van der Waals surface area contributed by atoms with Gasteiger partial charge in [0.1, 0.15) is 11.6 Å². The lowest BCUT2D eigenvalue weighted by atomic mass is 10.1. The van der Waals surface area contributed by atoms with E-state index < -0.39 is 11.6 Å². The smallest absolute Gasteiger partial charge is 0.149 e. The van der Waals surface area contributed by atoms with Crippen LogP contribution in [0, 0.1) is 11.6 Å². The monoisotopic (exact) mass is 232 g/mol. The summed E-state index contributed by atoms with van der Waals surface area (Å²) in [5.74, 6) is -1.08. The highest BCUT2D eigenvalue weighted by atomic mass is 19.1. The van der Waals surface area contributed by atoms with Gasteiger partial charge < -0.3 is 5.32 Å². The molecule has 2 heterocycles. The molecule has 1 N–H and O–H groups in total. The van der Waals surface area contributed by atoms with Crippen molar-refractivity contribution < 1.29 is 8.78 Å². The van der Waals surface area contributed by atoms with Crippen LogP contribution < -0.4 is 5.32 Å². The summed E-state index contributed by atoms with van der Waals surface area (Å²) in [6.45, 7) is 0. The molecule has 2 nitrogen and oxygen atoms in total. The fraction of sp³-hybridized carbons (Fsp3) is 0.154. The topological polar surface area (TPSA) is 24.9 Å². The lowest BCUT2D eigenvalue weighted by Crippen LogP contribution is -2.07. The number of anilines is 1. The van der Waals surface area contributed by atoms with E-state index in [-0.39, 0.29) is 6.04 Å². The third-order valence-corrected chi connectivity index (χ3v) is 2.92. The minimum atomic E-state index is -0.543. The summed E-state index contributed by atoms with van der Waals surface area (Å²) in [6.07, 6.45) is 2.25. The number of hydrogen-bond donors (Lipinski definition) is 1. The number of nitrogens with one attached hydrogen (secondary N) is 1. The maximum Gasteiger partial charge on any atom is 0.149 e. The van der Waals surface area contributed by atoms with Crippen molar-refractivity contribution in [2.45, 2.75) is 12.5 Å². The Kier molecular flexibility index (Phi) is 2.28. The number of halogens is 2. The van der Waals surface area contributed by atoms with Crippen LogP contribution in [0.5, 0.6) is 0 Å². The second-order valence-electron chi connectivity index (χ2n) is 4.08. The van der Waals surface area contributed by atoms with Crippen LogP contribution in [0.25, 0.3) is 0 Å². The highest BCUT2D eigenvalue weighted by Gasteiger charge is 2.26. The van der Waals surface area contributed by atoms with E-state index in [0.717, 1.165) is 11.8 Å². The first-order chi connectivity index (χ1) is 8.24. The van der Waals surface area contributed by atoms with Gasteiger partial charge in [-0.15, -0.1) is 0 Å². The molecule has 0 aliphatic carbocycles. The SMILES string of the molecule is Fc1cc(F)c2c(c1)CC(c1ccccn1)N2. The predicted molar refractivity (Wildman–Crippen MR) is 60.7 cm³/mol. The van der Waals surface area contributed by atoms with Crippen molar-refractivity contribution in [3.8, 4) is 0 Å². The van der Waals surface area contributed by atoms with Crippen molar-refractivity contribution in [3.63, 3.8) is 0 Å². The Hall–Kier alpha value is -1.97. The van der Waals surface area contributed by atoms with Crippen LogP contribution in [-0.4, -0.2) is 4.98 Å². The second-order valence-corrected chi connectivity index (χ2v) is 4.08. The van der Waals surface area contributed by atoms with Crippen LogP contribution in [0.4, 0.5) is 14.5 Å². The van der Waals surface area contributed by atoms with Gasteiger partial charge in [0.2, 0.25) is 0 Å². The van der Waals surface area contributed by atoms with Crippen LogP contribution in [0.15, 0.2) is 36.5 Å². The second kappa shape index (κ2) is 3.80. The van der Waals surface area contributed by atoms with E-state index in [1.165, 1.54) is 6.07 Å². The van der Waals surface area contributed by atoms with E-state index in [9.17, 15) is 8.78 Å². The number of aromatic nitrogens is 1. The molecule has 0 amide bonds. The number of fused-ring (bicyclic) bond motifs is 1. The third kappa shape index (κ3) is 1.75. The molecule has 1 aromatic carbocycles. The molecule has 0 saturated heterocycles. The zero-order valence-electron chi connectivity index (χ0n) is 8.95.